The fourth-order valence-corrected chi connectivity index (χ4v) is 2.59. The number of aliphatic imine (C=N–C) groups is 1. The van der Waals surface area contributed by atoms with Crippen LogP contribution in [0.5, 0.6) is 17.2 Å². The Kier molecular flexibility index (Phi) is 11.2. The number of methoxy groups -OCH3 is 2. The summed E-state index contributed by atoms with van der Waals surface area (Å²) in [7, 11) is 5.07. The van der Waals surface area contributed by atoms with Gasteiger partial charge in [0.1, 0.15) is 11.9 Å². The van der Waals surface area contributed by atoms with Crippen molar-refractivity contribution in [3.63, 3.8) is 0 Å². The monoisotopic (exact) mass is 499 g/mol. The molecule has 0 bridgehead atoms. The summed E-state index contributed by atoms with van der Waals surface area (Å²) < 4.78 is 16.5. The topological polar surface area (TPSA) is 64.1 Å². The number of rotatable bonds is 9. The first-order valence-corrected chi connectivity index (χ1v) is 9.03. The summed E-state index contributed by atoms with van der Waals surface area (Å²) >= 11 is 0. The third kappa shape index (κ3) is 7.84. The first-order valence-electron chi connectivity index (χ1n) is 9.03. The Morgan fingerprint density at radius 1 is 1.00 bits per heavy atom. The van der Waals surface area contributed by atoms with E-state index in [1.54, 1.807) is 21.3 Å². The number of halogens is 1. The zero-order valence-electron chi connectivity index (χ0n) is 16.9. The molecule has 0 aliphatic heterocycles. The lowest BCUT2D eigenvalue weighted by Crippen LogP contribution is -2.42. The van der Waals surface area contributed by atoms with Gasteiger partial charge in [-0.3, -0.25) is 4.99 Å². The minimum Gasteiger partial charge on any atom is -0.497 e. The van der Waals surface area contributed by atoms with Gasteiger partial charge in [-0.1, -0.05) is 24.3 Å². The van der Waals surface area contributed by atoms with E-state index in [0.717, 1.165) is 36.2 Å². The molecule has 1 atom stereocenters. The summed E-state index contributed by atoms with van der Waals surface area (Å²) in [5.74, 6) is 3.08. The van der Waals surface area contributed by atoms with Crippen LogP contribution < -0.4 is 24.8 Å². The molecule has 0 aliphatic carbocycles. The molecule has 2 rings (SSSR count). The molecule has 7 heteroatoms. The highest BCUT2D eigenvalue weighted by Gasteiger charge is 2.09. The van der Waals surface area contributed by atoms with Gasteiger partial charge in [-0.25, -0.2) is 0 Å². The molecule has 2 aromatic carbocycles. The lowest BCUT2D eigenvalue weighted by atomic mass is 10.1. The molecule has 2 N–H and O–H groups in total. The molecule has 1 unspecified atom stereocenters. The van der Waals surface area contributed by atoms with Crippen molar-refractivity contribution >= 4 is 29.9 Å². The van der Waals surface area contributed by atoms with E-state index in [9.17, 15) is 0 Å². The Labute approximate surface area is 184 Å². The van der Waals surface area contributed by atoms with Gasteiger partial charge in [-0.2, -0.15) is 0 Å². The standard InChI is InChI=1S/C21H29N3O3.HI/c1-16(27-20-11-6-5-10-19(20)26-4)15-24-21(22-2)23-13-12-17-8-7-9-18(14-17)25-3;/h5-11,14,16H,12-13,15H2,1-4H3,(H2,22,23,24);1H. The van der Waals surface area contributed by atoms with Crippen LogP contribution in [0.15, 0.2) is 53.5 Å². The fourth-order valence-electron chi connectivity index (χ4n) is 2.59. The van der Waals surface area contributed by atoms with Crippen LogP contribution in [-0.4, -0.2) is 46.4 Å². The minimum absolute atomic E-state index is 0. The van der Waals surface area contributed by atoms with Crippen molar-refractivity contribution in [3.8, 4) is 17.2 Å². The highest BCUT2D eigenvalue weighted by Crippen LogP contribution is 2.26. The number of nitrogens with one attached hydrogen (secondary N) is 2. The molecule has 6 nitrogen and oxygen atoms in total. The van der Waals surface area contributed by atoms with E-state index in [0.29, 0.717) is 6.54 Å². The molecule has 28 heavy (non-hydrogen) atoms. The molecule has 0 amide bonds. The van der Waals surface area contributed by atoms with Crippen LogP contribution in [0.3, 0.4) is 0 Å². The molecule has 0 aromatic heterocycles. The second-order valence-electron chi connectivity index (χ2n) is 6.06. The molecular formula is C21H30IN3O3. The quantitative estimate of drug-likeness (QED) is 0.314. The number of benzene rings is 2. The Bertz CT molecular complexity index is 740. The first kappa shape index (κ1) is 23.9. The predicted octanol–water partition coefficient (Wildman–Crippen LogP) is 3.50. The van der Waals surface area contributed by atoms with Gasteiger partial charge in [0, 0.05) is 13.6 Å². The molecule has 2 aromatic rings. The Morgan fingerprint density at radius 3 is 2.43 bits per heavy atom. The summed E-state index contributed by atoms with van der Waals surface area (Å²) in [5, 5.41) is 6.60. The summed E-state index contributed by atoms with van der Waals surface area (Å²) in [5.41, 5.74) is 1.21. The van der Waals surface area contributed by atoms with Crippen molar-refractivity contribution in [3.05, 3.63) is 54.1 Å². The Balaban J connectivity index is 0.00000392. The van der Waals surface area contributed by atoms with E-state index in [-0.39, 0.29) is 30.1 Å². The van der Waals surface area contributed by atoms with Crippen LogP contribution in [0.25, 0.3) is 0 Å². The van der Waals surface area contributed by atoms with Crippen LogP contribution >= 0.6 is 24.0 Å². The average Bonchev–Trinajstić information content (AvgIpc) is 2.71. The van der Waals surface area contributed by atoms with E-state index in [1.165, 1.54) is 5.56 Å². The second kappa shape index (κ2) is 13.1. The maximum atomic E-state index is 5.95. The van der Waals surface area contributed by atoms with Gasteiger partial charge in [-0.05, 0) is 43.2 Å². The number of ether oxygens (including phenoxy) is 3. The lowest BCUT2D eigenvalue weighted by Gasteiger charge is -2.19. The lowest BCUT2D eigenvalue weighted by molar-refractivity contribution is 0.213. The Morgan fingerprint density at radius 2 is 1.75 bits per heavy atom. The minimum atomic E-state index is -0.0433. The van der Waals surface area contributed by atoms with Gasteiger partial charge < -0.3 is 24.8 Å². The van der Waals surface area contributed by atoms with Crippen molar-refractivity contribution < 1.29 is 14.2 Å². The van der Waals surface area contributed by atoms with Crippen LogP contribution in [-0.2, 0) is 6.42 Å². The van der Waals surface area contributed by atoms with Crippen molar-refractivity contribution in [2.45, 2.75) is 19.4 Å². The SMILES string of the molecule is CN=C(NCCc1cccc(OC)c1)NCC(C)Oc1ccccc1OC.I. The van der Waals surface area contributed by atoms with Gasteiger partial charge in [-0.15, -0.1) is 24.0 Å². The molecule has 154 valence electrons. The van der Waals surface area contributed by atoms with Gasteiger partial charge in [0.15, 0.2) is 17.5 Å². The van der Waals surface area contributed by atoms with Crippen molar-refractivity contribution in [1.82, 2.24) is 10.6 Å². The molecule has 0 fully saturated rings. The summed E-state index contributed by atoms with van der Waals surface area (Å²) in [6, 6.07) is 15.7. The van der Waals surface area contributed by atoms with Crippen molar-refractivity contribution in [2.75, 3.05) is 34.4 Å². The molecule has 0 aliphatic rings. The Hall–Kier alpha value is -2.16. The highest BCUT2D eigenvalue weighted by atomic mass is 127. The molecule has 0 saturated heterocycles. The summed E-state index contributed by atoms with van der Waals surface area (Å²) in [4.78, 5) is 4.26. The average molecular weight is 499 g/mol. The van der Waals surface area contributed by atoms with E-state index in [4.69, 9.17) is 14.2 Å². The number of guanidine groups is 1. The zero-order valence-corrected chi connectivity index (χ0v) is 19.2. The fraction of sp³-hybridized carbons (Fsp3) is 0.381. The van der Waals surface area contributed by atoms with Gasteiger partial charge in [0.25, 0.3) is 0 Å². The second-order valence-corrected chi connectivity index (χ2v) is 6.06. The van der Waals surface area contributed by atoms with E-state index >= 15 is 0 Å². The molecule has 0 radical (unpaired) electrons. The van der Waals surface area contributed by atoms with Gasteiger partial charge >= 0.3 is 0 Å². The summed E-state index contributed by atoms with van der Waals surface area (Å²) in [6.45, 7) is 3.40. The molecule has 0 spiro atoms. The molecular weight excluding hydrogens is 469 g/mol. The zero-order chi connectivity index (χ0) is 19.5. The van der Waals surface area contributed by atoms with Crippen molar-refractivity contribution in [2.24, 2.45) is 4.99 Å². The van der Waals surface area contributed by atoms with E-state index in [1.807, 2.05) is 49.4 Å². The van der Waals surface area contributed by atoms with Gasteiger partial charge in [0.05, 0.1) is 20.8 Å². The predicted molar refractivity (Wildman–Crippen MR) is 125 cm³/mol. The third-order valence-corrected chi connectivity index (χ3v) is 4.02. The third-order valence-electron chi connectivity index (χ3n) is 4.02. The highest BCUT2D eigenvalue weighted by molar-refractivity contribution is 14.0. The number of hydrogen-bond acceptors (Lipinski definition) is 4. The molecule has 0 heterocycles. The van der Waals surface area contributed by atoms with Crippen molar-refractivity contribution in [1.29, 1.82) is 0 Å². The van der Waals surface area contributed by atoms with E-state index in [2.05, 4.69) is 21.7 Å². The largest absolute Gasteiger partial charge is 0.497 e. The number of hydrogen-bond donors (Lipinski definition) is 2. The van der Waals surface area contributed by atoms with E-state index < -0.39 is 0 Å². The maximum Gasteiger partial charge on any atom is 0.191 e. The number of nitrogens with zero attached hydrogens (tertiary/aromatic N) is 1. The van der Waals surface area contributed by atoms with Crippen LogP contribution in [0.2, 0.25) is 0 Å². The van der Waals surface area contributed by atoms with Crippen LogP contribution in [0.1, 0.15) is 12.5 Å². The molecule has 0 saturated carbocycles. The van der Waals surface area contributed by atoms with Crippen LogP contribution in [0.4, 0.5) is 0 Å². The van der Waals surface area contributed by atoms with Crippen LogP contribution in [0, 0.1) is 0 Å². The normalized spacial score (nSPS) is 11.8. The first-order chi connectivity index (χ1) is 13.2. The smallest absolute Gasteiger partial charge is 0.191 e. The van der Waals surface area contributed by atoms with Gasteiger partial charge in [0.2, 0.25) is 0 Å². The maximum absolute atomic E-state index is 5.95. The number of para-hydroxylation sites is 2. The summed E-state index contributed by atoms with van der Waals surface area (Å²) in [6.07, 6.45) is 0.837.